The predicted molar refractivity (Wildman–Crippen MR) is 69.9 cm³/mol. The Kier molecular flexibility index (Phi) is 3.56. The van der Waals surface area contributed by atoms with Crippen LogP contribution in [0.1, 0.15) is 13.8 Å². The van der Waals surface area contributed by atoms with Gasteiger partial charge >= 0.3 is 0 Å². The maximum absolute atomic E-state index is 12.2. The highest BCUT2D eigenvalue weighted by Crippen LogP contribution is 2.13. The standard InChI is InChI=1S/C12H21N5O/c1-9-5-16(6-10(2)15(9)3)12(18)8-17-7-11(13)4-14-17/h4,7,9-10H,5-6,8,13H2,1-3H3. The van der Waals surface area contributed by atoms with E-state index >= 15 is 0 Å². The third-order valence-corrected chi connectivity index (χ3v) is 3.66. The van der Waals surface area contributed by atoms with Gasteiger partial charge in [0.25, 0.3) is 0 Å². The Balaban J connectivity index is 1.97. The second kappa shape index (κ2) is 4.97. The van der Waals surface area contributed by atoms with Crippen LogP contribution >= 0.6 is 0 Å². The molecule has 18 heavy (non-hydrogen) atoms. The van der Waals surface area contributed by atoms with E-state index in [1.807, 2.05) is 4.90 Å². The zero-order chi connectivity index (χ0) is 13.3. The Morgan fingerprint density at radius 1 is 1.44 bits per heavy atom. The first-order chi connectivity index (χ1) is 8.47. The molecule has 1 amide bonds. The fourth-order valence-electron chi connectivity index (χ4n) is 2.31. The number of nitrogens with two attached hydrogens (primary N) is 1. The van der Waals surface area contributed by atoms with E-state index in [1.165, 1.54) is 0 Å². The SMILES string of the molecule is CC1CN(C(=O)Cn2cc(N)cn2)CC(C)N1C. The molecule has 2 unspecified atom stereocenters. The van der Waals surface area contributed by atoms with Crippen molar-refractivity contribution in [2.24, 2.45) is 0 Å². The van der Waals surface area contributed by atoms with Crippen LogP contribution in [0.4, 0.5) is 5.69 Å². The number of amides is 1. The van der Waals surface area contributed by atoms with Gasteiger partial charge < -0.3 is 10.6 Å². The molecule has 2 atom stereocenters. The molecule has 0 aromatic carbocycles. The van der Waals surface area contributed by atoms with E-state index in [1.54, 1.807) is 17.1 Å². The second-order valence-corrected chi connectivity index (χ2v) is 5.13. The fourth-order valence-corrected chi connectivity index (χ4v) is 2.31. The van der Waals surface area contributed by atoms with Crippen molar-refractivity contribution in [2.45, 2.75) is 32.5 Å². The van der Waals surface area contributed by atoms with Crippen molar-refractivity contribution in [2.75, 3.05) is 25.9 Å². The first-order valence-corrected chi connectivity index (χ1v) is 6.25. The number of hydrogen-bond acceptors (Lipinski definition) is 4. The van der Waals surface area contributed by atoms with Gasteiger partial charge in [-0.3, -0.25) is 14.4 Å². The molecule has 6 heteroatoms. The molecular weight excluding hydrogens is 230 g/mol. The van der Waals surface area contributed by atoms with E-state index in [4.69, 9.17) is 5.73 Å². The number of hydrogen-bond donors (Lipinski definition) is 1. The van der Waals surface area contributed by atoms with Crippen molar-refractivity contribution in [1.82, 2.24) is 19.6 Å². The van der Waals surface area contributed by atoms with Gasteiger partial charge in [-0.25, -0.2) is 0 Å². The van der Waals surface area contributed by atoms with Gasteiger partial charge in [-0.05, 0) is 20.9 Å². The fraction of sp³-hybridized carbons (Fsp3) is 0.667. The van der Waals surface area contributed by atoms with Gasteiger partial charge in [0.2, 0.25) is 5.91 Å². The third-order valence-electron chi connectivity index (χ3n) is 3.66. The van der Waals surface area contributed by atoms with Crippen LogP contribution in [0.15, 0.2) is 12.4 Å². The van der Waals surface area contributed by atoms with E-state index < -0.39 is 0 Å². The Bertz CT molecular complexity index is 418. The van der Waals surface area contributed by atoms with E-state index in [0.717, 1.165) is 13.1 Å². The predicted octanol–water partition coefficient (Wildman–Crippen LogP) is 0.0163. The molecular formula is C12H21N5O. The van der Waals surface area contributed by atoms with Crippen molar-refractivity contribution in [3.05, 3.63) is 12.4 Å². The molecule has 1 aromatic rings. The highest BCUT2D eigenvalue weighted by atomic mass is 16.2. The average molecular weight is 251 g/mol. The summed E-state index contributed by atoms with van der Waals surface area (Å²) in [4.78, 5) is 16.4. The lowest BCUT2D eigenvalue weighted by Gasteiger charge is -2.42. The second-order valence-electron chi connectivity index (χ2n) is 5.13. The van der Waals surface area contributed by atoms with E-state index in [9.17, 15) is 4.79 Å². The molecule has 1 fully saturated rings. The van der Waals surface area contributed by atoms with Crippen LogP contribution in [0.25, 0.3) is 0 Å². The summed E-state index contributed by atoms with van der Waals surface area (Å²) in [5.74, 6) is 0.102. The molecule has 0 spiro atoms. The smallest absolute Gasteiger partial charge is 0.244 e. The van der Waals surface area contributed by atoms with Crippen LogP contribution in [0.3, 0.4) is 0 Å². The van der Waals surface area contributed by atoms with Crippen LogP contribution in [0.2, 0.25) is 0 Å². The summed E-state index contributed by atoms with van der Waals surface area (Å²) in [7, 11) is 2.10. The number of anilines is 1. The van der Waals surface area contributed by atoms with Gasteiger partial charge in [-0.2, -0.15) is 5.10 Å². The molecule has 6 nitrogen and oxygen atoms in total. The average Bonchev–Trinajstić information content (AvgIpc) is 2.71. The zero-order valence-electron chi connectivity index (χ0n) is 11.2. The highest BCUT2D eigenvalue weighted by Gasteiger charge is 2.29. The number of likely N-dealkylation sites (N-methyl/N-ethyl adjacent to an activating group) is 1. The molecule has 1 aromatic heterocycles. The topological polar surface area (TPSA) is 67.4 Å². The normalized spacial score (nSPS) is 25.4. The summed E-state index contributed by atoms with van der Waals surface area (Å²) in [5.41, 5.74) is 6.17. The van der Waals surface area contributed by atoms with Crippen molar-refractivity contribution < 1.29 is 4.79 Å². The molecule has 1 saturated heterocycles. The van der Waals surface area contributed by atoms with Crippen molar-refractivity contribution in [3.63, 3.8) is 0 Å². The zero-order valence-corrected chi connectivity index (χ0v) is 11.2. The first-order valence-electron chi connectivity index (χ1n) is 6.25. The van der Waals surface area contributed by atoms with Crippen molar-refractivity contribution in [1.29, 1.82) is 0 Å². The Hall–Kier alpha value is -1.56. The minimum Gasteiger partial charge on any atom is -0.396 e. The number of aromatic nitrogens is 2. The van der Waals surface area contributed by atoms with E-state index in [-0.39, 0.29) is 12.5 Å². The number of carbonyl (C=O) groups excluding carboxylic acids is 1. The monoisotopic (exact) mass is 251 g/mol. The maximum Gasteiger partial charge on any atom is 0.244 e. The van der Waals surface area contributed by atoms with Gasteiger partial charge in [0, 0.05) is 31.4 Å². The summed E-state index contributed by atoms with van der Waals surface area (Å²) in [6.45, 7) is 6.09. The Morgan fingerprint density at radius 2 is 2.06 bits per heavy atom. The third kappa shape index (κ3) is 2.64. The summed E-state index contributed by atoms with van der Waals surface area (Å²) < 4.78 is 1.59. The van der Waals surface area contributed by atoms with Gasteiger partial charge in [-0.15, -0.1) is 0 Å². The van der Waals surface area contributed by atoms with Gasteiger partial charge in [-0.1, -0.05) is 0 Å². The van der Waals surface area contributed by atoms with Crippen molar-refractivity contribution >= 4 is 11.6 Å². The molecule has 100 valence electrons. The summed E-state index contributed by atoms with van der Waals surface area (Å²) in [6, 6.07) is 0.779. The molecule has 0 bridgehead atoms. The Morgan fingerprint density at radius 3 is 2.56 bits per heavy atom. The first kappa shape index (κ1) is 12.9. The molecule has 0 aliphatic carbocycles. The van der Waals surface area contributed by atoms with Crippen molar-refractivity contribution in [3.8, 4) is 0 Å². The molecule has 1 aliphatic heterocycles. The van der Waals surface area contributed by atoms with Gasteiger partial charge in [0.15, 0.2) is 0 Å². The number of carbonyl (C=O) groups is 1. The van der Waals surface area contributed by atoms with Gasteiger partial charge in [0.05, 0.1) is 11.9 Å². The quantitative estimate of drug-likeness (QED) is 0.804. The summed E-state index contributed by atoms with van der Waals surface area (Å²) in [5, 5.41) is 4.04. The van der Waals surface area contributed by atoms with E-state index in [0.29, 0.717) is 17.8 Å². The Labute approximate surface area is 107 Å². The van der Waals surface area contributed by atoms with E-state index in [2.05, 4.69) is 30.9 Å². The lowest BCUT2D eigenvalue weighted by molar-refractivity contribution is -0.136. The minimum atomic E-state index is 0.102. The van der Waals surface area contributed by atoms with Crippen LogP contribution in [0, 0.1) is 0 Å². The maximum atomic E-state index is 12.2. The minimum absolute atomic E-state index is 0.102. The van der Waals surface area contributed by atoms with Crippen LogP contribution in [0.5, 0.6) is 0 Å². The molecule has 1 aliphatic rings. The summed E-state index contributed by atoms with van der Waals surface area (Å²) in [6.07, 6.45) is 3.24. The largest absolute Gasteiger partial charge is 0.396 e. The number of rotatable bonds is 2. The number of nitrogens with zero attached hydrogens (tertiary/aromatic N) is 4. The lowest BCUT2D eigenvalue weighted by atomic mass is 10.1. The van der Waals surface area contributed by atoms with Crippen LogP contribution < -0.4 is 5.73 Å². The molecule has 2 heterocycles. The molecule has 2 N–H and O–H groups in total. The number of piperazine rings is 1. The molecule has 0 saturated carbocycles. The number of nitrogen functional groups attached to an aromatic ring is 1. The highest BCUT2D eigenvalue weighted by molar-refractivity contribution is 5.76. The lowest BCUT2D eigenvalue weighted by Crippen LogP contribution is -2.56. The van der Waals surface area contributed by atoms with Gasteiger partial charge in [0.1, 0.15) is 6.54 Å². The molecule has 2 rings (SSSR count). The van der Waals surface area contributed by atoms with Crippen LogP contribution in [-0.2, 0) is 11.3 Å². The van der Waals surface area contributed by atoms with Crippen LogP contribution in [-0.4, -0.2) is 57.7 Å². The molecule has 0 radical (unpaired) electrons. The summed E-state index contributed by atoms with van der Waals surface area (Å²) >= 11 is 0.